The van der Waals surface area contributed by atoms with Crippen LogP contribution in [0.2, 0.25) is 0 Å². The summed E-state index contributed by atoms with van der Waals surface area (Å²) in [6.07, 6.45) is 4.19. The van der Waals surface area contributed by atoms with Gasteiger partial charge in [0, 0.05) is 17.7 Å². The summed E-state index contributed by atoms with van der Waals surface area (Å²) in [4.78, 5) is 22.1. The Bertz CT molecular complexity index is 481. The van der Waals surface area contributed by atoms with E-state index in [1.54, 1.807) is 0 Å². The van der Waals surface area contributed by atoms with Gasteiger partial charge in [0.25, 0.3) is 11.6 Å². The lowest BCUT2D eigenvalue weighted by Crippen LogP contribution is -2.32. The van der Waals surface area contributed by atoms with Gasteiger partial charge in [-0.1, -0.05) is 12.8 Å². The normalized spacial score (nSPS) is 15.6. The van der Waals surface area contributed by atoms with Crippen molar-refractivity contribution < 1.29 is 9.72 Å². The van der Waals surface area contributed by atoms with E-state index < -0.39 is 4.92 Å². The Morgan fingerprint density at radius 3 is 2.67 bits per heavy atom. The maximum atomic E-state index is 11.9. The fourth-order valence-corrected chi connectivity index (χ4v) is 2.18. The standard InChI is InChI=1S/C12H15N3O3/c13-10-6-5-8(7-11(10)15(17)18)12(16)14-9-3-1-2-4-9/h5-7,9H,1-4,13H2,(H,14,16). The van der Waals surface area contributed by atoms with Gasteiger partial charge in [-0.25, -0.2) is 0 Å². The fraction of sp³-hybridized carbons (Fsp3) is 0.417. The molecule has 3 N–H and O–H groups in total. The monoisotopic (exact) mass is 249 g/mol. The van der Waals surface area contributed by atoms with Gasteiger partial charge in [-0.15, -0.1) is 0 Å². The maximum Gasteiger partial charge on any atom is 0.292 e. The van der Waals surface area contributed by atoms with E-state index in [0.717, 1.165) is 25.7 Å². The summed E-state index contributed by atoms with van der Waals surface area (Å²) in [6, 6.07) is 4.31. The van der Waals surface area contributed by atoms with Crippen molar-refractivity contribution in [3.05, 3.63) is 33.9 Å². The van der Waals surface area contributed by atoms with Gasteiger partial charge < -0.3 is 11.1 Å². The highest BCUT2D eigenvalue weighted by molar-refractivity contribution is 5.95. The lowest BCUT2D eigenvalue weighted by atomic mass is 10.1. The van der Waals surface area contributed by atoms with Gasteiger partial charge in [-0.05, 0) is 25.0 Å². The van der Waals surface area contributed by atoms with Crippen LogP contribution in [0.4, 0.5) is 11.4 Å². The van der Waals surface area contributed by atoms with E-state index in [0.29, 0.717) is 0 Å². The summed E-state index contributed by atoms with van der Waals surface area (Å²) < 4.78 is 0. The number of nitrogens with two attached hydrogens (primary N) is 1. The number of rotatable bonds is 3. The quantitative estimate of drug-likeness (QED) is 0.485. The first-order valence-electron chi connectivity index (χ1n) is 5.92. The van der Waals surface area contributed by atoms with E-state index in [2.05, 4.69) is 5.32 Å². The molecule has 18 heavy (non-hydrogen) atoms. The third kappa shape index (κ3) is 2.58. The first kappa shape index (κ1) is 12.3. The minimum absolute atomic E-state index is 0.0671. The number of benzene rings is 1. The van der Waals surface area contributed by atoms with Crippen LogP contribution in [0.3, 0.4) is 0 Å². The van der Waals surface area contributed by atoms with Crippen molar-refractivity contribution in [2.75, 3.05) is 5.73 Å². The molecule has 1 aliphatic rings. The molecule has 0 aromatic heterocycles. The van der Waals surface area contributed by atoms with E-state index in [1.165, 1.54) is 18.2 Å². The third-order valence-corrected chi connectivity index (χ3v) is 3.18. The molecule has 6 heteroatoms. The molecule has 0 unspecified atom stereocenters. The largest absolute Gasteiger partial charge is 0.393 e. The number of hydrogen-bond acceptors (Lipinski definition) is 4. The number of carbonyl (C=O) groups excluding carboxylic acids is 1. The second-order valence-electron chi connectivity index (χ2n) is 4.49. The minimum Gasteiger partial charge on any atom is -0.393 e. The average molecular weight is 249 g/mol. The maximum absolute atomic E-state index is 11.9. The zero-order chi connectivity index (χ0) is 13.1. The van der Waals surface area contributed by atoms with Gasteiger partial charge in [0.05, 0.1) is 4.92 Å². The summed E-state index contributed by atoms with van der Waals surface area (Å²) in [7, 11) is 0. The third-order valence-electron chi connectivity index (χ3n) is 3.18. The van der Waals surface area contributed by atoms with Crippen LogP contribution in [-0.4, -0.2) is 16.9 Å². The minimum atomic E-state index is -0.582. The zero-order valence-corrected chi connectivity index (χ0v) is 9.89. The van der Waals surface area contributed by atoms with E-state index in [-0.39, 0.29) is 28.9 Å². The topological polar surface area (TPSA) is 98.3 Å². The van der Waals surface area contributed by atoms with Crippen molar-refractivity contribution in [2.45, 2.75) is 31.7 Å². The van der Waals surface area contributed by atoms with E-state index in [9.17, 15) is 14.9 Å². The number of hydrogen-bond donors (Lipinski definition) is 2. The number of nitrogens with zero attached hydrogens (tertiary/aromatic N) is 1. The number of amides is 1. The summed E-state index contributed by atoms with van der Waals surface area (Å²) in [5.74, 6) is -0.273. The second kappa shape index (κ2) is 5.03. The first-order chi connectivity index (χ1) is 8.58. The van der Waals surface area contributed by atoms with Crippen LogP contribution < -0.4 is 11.1 Å². The van der Waals surface area contributed by atoms with Gasteiger partial charge in [0.15, 0.2) is 0 Å². The van der Waals surface area contributed by atoms with E-state index >= 15 is 0 Å². The Morgan fingerprint density at radius 2 is 2.06 bits per heavy atom. The second-order valence-corrected chi connectivity index (χ2v) is 4.49. The van der Waals surface area contributed by atoms with Crippen LogP contribution in [0, 0.1) is 10.1 Å². The van der Waals surface area contributed by atoms with Gasteiger partial charge in [-0.2, -0.15) is 0 Å². The number of anilines is 1. The lowest BCUT2D eigenvalue weighted by Gasteiger charge is -2.11. The Labute approximate surface area is 104 Å². The molecule has 0 bridgehead atoms. The molecule has 6 nitrogen and oxygen atoms in total. The van der Waals surface area contributed by atoms with Crippen LogP contribution in [0.5, 0.6) is 0 Å². The molecule has 1 saturated carbocycles. The van der Waals surface area contributed by atoms with Crippen molar-refractivity contribution in [1.29, 1.82) is 0 Å². The SMILES string of the molecule is Nc1ccc(C(=O)NC2CCCC2)cc1[N+](=O)[O-]. The summed E-state index contributed by atoms with van der Waals surface area (Å²) in [6.45, 7) is 0. The summed E-state index contributed by atoms with van der Waals surface area (Å²) in [5.41, 5.74) is 5.60. The number of nitro benzene ring substituents is 1. The van der Waals surface area contributed by atoms with Crippen LogP contribution in [0.15, 0.2) is 18.2 Å². The van der Waals surface area contributed by atoms with Gasteiger partial charge in [0.2, 0.25) is 0 Å². The molecular formula is C12H15N3O3. The Kier molecular flexibility index (Phi) is 3.45. The number of nitrogen functional groups attached to an aromatic ring is 1. The molecule has 0 radical (unpaired) electrons. The van der Waals surface area contributed by atoms with Crippen LogP contribution in [0.1, 0.15) is 36.0 Å². The Morgan fingerprint density at radius 1 is 1.39 bits per heavy atom. The highest BCUT2D eigenvalue weighted by Gasteiger charge is 2.20. The lowest BCUT2D eigenvalue weighted by molar-refractivity contribution is -0.383. The molecule has 0 atom stereocenters. The van der Waals surface area contributed by atoms with Gasteiger partial charge in [-0.3, -0.25) is 14.9 Å². The molecule has 1 aromatic carbocycles. The highest BCUT2D eigenvalue weighted by atomic mass is 16.6. The molecule has 0 heterocycles. The molecular weight excluding hydrogens is 234 g/mol. The van der Waals surface area contributed by atoms with Crippen LogP contribution in [-0.2, 0) is 0 Å². The number of nitrogens with one attached hydrogen (secondary N) is 1. The fourth-order valence-electron chi connectivity index (χ4n) is 2.18. The van der Waals surface area contributed by atoms with Gasteiger partial charge in [0.1, 0.15) is 5.69 Å². The zero-order valence-electron chi connectivity index (χ0n) is 9.89. The predicted octanol–water partition coefficient (Wildman–Crippen LogP) is 1.85. The van der Waals surface area contributed by atoms with Crippen LogP contribution in [0.25, 0.3) is 0 Å². The molecule has 2 rings (SSSR count). The summed E-state index contributed by atoms with van der Waals surface area (Å²) >= 11 is 0. The molecule has 1 aliphatic carbocycles. The Hall–Kier alpha value is -2.11. The summed E-state index contributed by atoms with van der Waals surface area (Å²) in [5, 5.41) is 13.6. The smallest absolute Gasteiger partial charge is 0.292 e. The van der Waals surface area contributed by atoms with Crippen LogP contribution >= 0.6 is 0 Å². The number of nitro groups is 1. The molecule has 1 fully saturated rings. The molecule has 0 saturated heterocycles. The van der Waals surface area contributed by atoms with Crippen molar-refractivity contribution in [3.8, 4) is 0 Å². The van der Waals surface area contributed by atoms with Crippen molar-refractivity contribution in [1.82, 2.24) is 5.32 Å². The van der Waals surface area contributed by atoms with Crippen molar-refractivity contribution in [2.24, 2.45) is 0 Å². The number of carbonyl (C=O) groups is 1. The molecule has 96 valence electrons. The van der Waals surface area contributed by atoms with E-state index in [1.807, 2.05) is 0 Å². The molecule has 0 aliphatic heterocycles. The average Bonchev–Trinajstić information content (AvgIpc) is 2.81. The molecule has 1 aromatic rings. The molecule has 0 spiro atoms. The van der Waals surface area contributed by atoms with Crippen molar-refractivity contribution in [3.63, 3.8) is 0 Å². The van der Waals surface area contributed by atoms with Gasteiger partial charge >= 0.3 is 0 Å². The Balaban J connectivity index is 2.14. The highest BCUT2D eigenvalue weighted by Crippen LogP contribution is 2.23. The molecule has 1 amide bonds. The van der Waals surface area contributed by atoms with Crippen molar-refractivity contribution >= 4 is 17.3 Å². The first-order valence-corrected chi connectivity index (χ1v) is 5.92. The predicted molar refractivity (Wildman–Crippen MR) is 67.2 cm³/mol. The van der Waals surface area contributed by atoms with E-state index in [4.69, 9.17) is 5.73 Å².